The topological polar surface area (TPSA) is 61.6 Å². The Kier molecular flexibility index (Phi) is 4.76. The molecule has 3 aromatic rings. The van der Waals surface area contributed by atoms with Crippen molar-refractivity contribution in [3.05, 3.63) is 88.5 Å². The molecule has 4 heteroatoms. The molecule has 1 atom stereocenters. The Morgan fingerprint density at radius 3 is 2.56 bits per heavy atom. The van der Waals surface area contributed by atoms with Crippen molar-refractivity contribution in [2.24, 2.45) is 0 Å². The molecule has 0 spiro atoms. The number of hydrogen-bond acceptors (Lipinski definition) is 4. The maximum absolute atomic E-state index is 9.54. The highest BCUT2D eigenvalue weighted by Crippen LogP contribution is 2.29. The first-order chi connectivity index (χ1) is 12.1. The van der Waals surface area contributed by atoms with Crippen LogP contribution in [-0.2, 0) is 0 Å². The first kappa shape index (κ1) is 16.7. The van der Waals surface area contributed by atoms with E-state index in [1.165, 1.54) is 5.56 Å². The SMILES string of the molecule is Cc1cccc(C(Nc2cc(C)nc(C)c2C#N)c2ccccn2)c1. The molecule has 4 nitrogen and oxygen atoms in total. The third-order valence-corrected chi connectivity index (χ3v) is 4.10. The second kappa shape index (κ2) is 7.14. The molecule has 25 heavy (non-hydrogen) atoms. The summed E-state index contributed by atoms with van der Waals surface area (Å²) in [6, 6.07) is 18.2. The van der Waals surface area contributed by atoms with Crippen molar-refractivity contribution in [1.82, 2.24) is 9.97 Å². The van der Waals surface area contributed by atoms with Crippen LogP contribution in [0.4, 0.5) is 5.69 Å². The van der Waals surface area contributed by atoms with E-state index in [4.69, 9.17) is 0 Å². The summed E-state index contributed by atoms with van der Waals surface area (Å²) in [6.45, 7) is 5.86. The zero-order valence-corrected chi connectivity index (χ0v) is 14.6. The van der Waals surface area contributed by atoms with Gasteiger partial charge in [0.05, 0.1) is 28.7 Å². The molecule has 0 aliphatic carbocycles. The minimum absolute atomic E-state index is 0.144. The zero-order valence-electron chi connectivity index (χ0n) is 14.6. The lowest BCUT2D eigenvalue weighted by Gasteiger charge is -2.22. The standard InChI is InChI=1S/C21H20N4/c1-14-7-6-8-17(11-14)21(19-9-4-5-10-23-19)25-20-12-15(2)24-16(3)18(20)13-22/h4-12,21H,1-3H3,(H,24,25). The smallest absolute Gasteiger partial charge is 0.103 e. The Hall–Kier alpha value is -3.19. The van der Waals surface area contributed by atoms with Crippen molar-refractivity contribution in [2.75, 3.05) is 5.32 Å². The number of anilines is 1. The van der Waals surface area contributed by atoms with E-state index in [0.29, 0.717) is 5.56 Å². The monoisotopic (exact) mass is 328 g/mol. The highest BCUT2D eigenvalue weighted by atomic mass is 15.0. The second-order valence-electron chi connectivity index (χ2n) is 6.13. The van der Waals surface area contributed by atoms with E-state index < -0.39 is 0 Å². The number of rotatable bonds is 4. The predicted molar refractivity (Wildman–Crippen MR) is 99.3 cm³/mol. The zero-order chi connectivity index (χ0) is 17.8. The molecule has 0 fully saturated rings. The Balaban J connectivity index is 2.10. The first-order valence-electron chi connectivity index (χ1n) is 8.21. The fraction of sp³-hybridized carbons (Fsp3) is 0.190. The number of nitrogens with one attached hydrogen (secondary N) is 1. The highest BCUT2D eigenvalue weighted by molar-refractivity contribution is 5.61. The van der Waals surface area contributed by atoms with E-state index in [1.54, 1.807) is 6.20 Å². The van der Waals surface area contributed by atoms with Gasteiger partial charge < -0.3 is 5.32 Å². The second-order valence-corrected chi connectivity index (χ2v) is 6.13. The average molecular weight is 328 g/mol. The van der Waals surface area contributed by atoms with Crippen LogP contribution in [-0.4, -0.2) is 9.97 Å². The molecule has 0 amide bonds. The Morgan fingerprint density at radius 1 is 1.04 bits per heavy atom. The number of nitriles is 1. The van der Waals surface area contributed by atoms with Gasteiger partial charge >= 0.3 is 0 Å². The van der Waals surface area contributed by atoms with Crippen LogP contribution in [0.5, 0.6) is 0 Å². The molecule has 0 aliphatic heterocycles. The average Bonchev–Trinajstić information content (AvgIpc) is 2.60. The molecule has 124 valence electrons. The van der Waals surface area contributed by atoms with Crippen LogP contribution in [0.1, 0.15) is 39.8 Å². The van der Waals surface area contributed by atoms with E-state index in [2.05, 4.69) is 46.5 Å². The lowest BCUT2D eigenvalue weighted by molar-refractivity contribution is 0.882. The minimum Gasteiger partial charge on any atom is -0.372 e. The molecule has 1 unspecified atom stereocenters. The summed E-state index contributed by atoms with van der Waals surface area (Å²) >= 11 is 0. The van der Waals surface area contributed by atoms with Crippen molar-refractivity contribution in [1.29, 1.82) is 5.26 Å². The summed E-state index contributed by atoms with van der Waals surface area (Å²) in [5.74, 6) is 0. The summed E-state index contributed by atoms with van der Waals surface area (Å²) in [4.78, 5) is 8.91. The molecule has 0 radical (unpaired) electrons. The number of aromatic nitrogens is 2. The van der Waals surface area contributed by atoms with Crippen LogP contribution in [0.3, 0.4) is 0 Å². The van der Waals surface area contributed by atoms with Crippen molar-refractivity contribution in [3.8, 4) is 6.07 Å². The Labute approximate surface area is 148 Å². The van der Waals surface area contributed by atoms with Crippen molar-refractivity contribution < 1.29 is 0 Å². The van der Waals surface area contributed by atoms with Crippen molar-refractivity contribution in [2.45, 2.75) is 26.8 Å². The Bertz CT molecular complexity index is 926. The fourth-order valence-electron chi connectivity index (χ4n) is 2.96. The molecule has 2 aromatic heterocycles. The van der Waals surface area contributed by atoms with Crippen molar-refractivity contribution >= 4 is 5.69 Å². The van der Waals surface area contributed by atoms with E-state index >= 15 is 0 Å². The molecule has 1 N–H and O–H groups in total. The minimum atomic E-state index is -0.144. The van der Waals surface area contributed by atoms with Crippen molar-refractivity contribution in [3.63, 3.8) is 0 Å². The largest absolute Gasteiger partial charge is 0.372 e. The van der Waals surface area contributed by atoms with Gasteiger partial charge in [0.2, 0.25) is 0 Å². The van der Waals surface area contributed by atoms with Gasteiger partial charge in [-0.2, -0.15) is 5.26 Å². The summed E-state index contributed by atoms with van der Waals surface area (Å²) in [7, 11) is 0. The summed E-state index contributed by atoms with van der Waals surface area (Å²) in [5, 5.41) is 13.1. The lowest BCUT2D eigenvalue weighted by atomic mass is 10.00. The fourth-order valence-corrected chi connectivity index (χ4v) is 2.96. The van der Waals surface area contributed by atoms with Crippen LogP contribution < -0.4 is 5.32 Å². The lowest BCUT2D eigenvalue weighted by Crippen LogP contribution is -2.15. The number of nitrogens with zero attached hydrogens (tertiary/aromatic N) is 3. The molecule has 0 bridgehead atoms. The number of aryl methyl sites for hydroxylation is 3. The van der Waals surface area contributed by atoms with Gasteiger partial charge in [-0.3, -0.25) is 9.97 Å². The third-order valence-electron chi connectivity index (χ3n) is 4.10. The molecular weight excluding hydrogens is 308 g/mol. The predicted octanol–water partition coefficient (Wildman–Crippen LogP) is 4.48. The van der Waals surface area contributed by atoms with E-state index in [0.717, 1.165) is 28.3 Å². The molecular formula is C21H20N4. The Morgan fingerprint density at radius 2 is 1.88 bits per heavy atom. The van der Waals surface area contributed by atoms with Crippen LogP contribution in [0.2, 0.25) is 0 Å². The van der Waals surface area contributed by atoms with Gasteiger partial charge in [-0.25, -0.2) is 0 Å². The summed E-state index contributed by atoms with van der Waals surface area (Å²) in [6.07, 6.45) is 1.79. The van der Waals surface area contributed by atoms with E-state index in [1.807, 2.05) is 44.2 Å². The summed E-state index contributed by atoms with van der Waals surface area (Å²) < 4.78 is 0. The number of pyridine rings is 2. The van der Waals surface area contributed by atoms with E-state index in [-0.39, 0.29) is 6.04 Å². The molecule has 0 saturated heterocycles. The number of hydrogen-bond donors (Lipinski definition) is 1. The molecule has 2 heterocycles. The van der Waals surface area contributed by atoms with Gasteiger partial charge in [0, 0.05) is 11.9 Å². The quantitative estimate of drug-likeness (QED) is 0.767. The van der Waals surface area contributed by atoms with Gasteiger partial charge in [0.1, 0.15) is 6.07 Å². The van der Waals surface area contributed by atoms with Crippen LogP contribution in [0.25, 0.3) is 0 Å². The van der Waals surface area contributed by atoms with Gasteiger partial charge in [0.15, 0.2) is 0 Å². The summed E-state index contributed by atoms with van der Waals surface area (Å²) in [5.41, 5.74) is 6.16. The van der Waals surface area contributed by atoms with Gasteiger partial charge in [0.25, 0.3) is 0 Å². The molecule has 0 aliphatic rings. The highest BCUT2D eigenvalue weighted by Gasteiger charge is 2.18. The van der Waals surface area contributed by atoms with Gasteiger partial charge in [-0.1, -0.05) is 35.9 Å². The van der Waals surface area contributed by atoms with E-state index in [9.17, 15) is 5.26 Å². The normalized spacial score (nSPS) is 11.6. The van der Waals surface area contributed by atoms with Gasteiger partial charge in [-0.15, -0.1) is 0 Å². The van der Waals surface area contributed by atoms with Gasteiger partial charge in [-0.05, 0) is 44.5 Å². The maximum atomic E-state index is 9.54. The molecule has 1 aromatic carbocycles. The molecule has 3 rings (SSSR count). The van der Waals surface area contributed by atoms with Crippen LogP contribution in [0.15, 0.2) is 54.7 Å². The first-order valence-corrected chi connectivity index (χ1v) is 8.21. The maximum Gasteiger partial charge on any atom is 0.103 e. The van der Waals surface area contributed by atoms with Crippen LogP contribution in [0, 0.1) is 32.1 Å². The molecule has 0 saturated carbocycles. The third kappa shape index (κ3) is 3.67. The van der Waals surface area contributed by atoms with Crippen LogP contribution >= 0.6 is 0 Å². The number of benzene rings is 1.